The van der Waals surface area contributed by atoms with Crippen LogP contribution in [0.25, 0.3) is 0 Å². The predicted molar refractivity (Wildman–Crippen MR) is 86.1 cm³/mol. The average Bonchev–Trinajstić information content (AvgIpc) is 2.54. The first-order valence-electron chi connectivity index (χ1n) is 8.04. The molecule has 0 spiro atoms. The van der Waals surface area contributed by atoms with Crippen LogP contribution in [0.2, 0.25) is 0 Å². The quantitative estimate of drug-likeness (QED) is 0.792. The molecule has 2 aromatic carbocycles. The monoisotopic (exact) mass is 311 g/mol. The third kappa shape index (κ3) is 3.27. The van der Waals surface area contributed by atoms with Crippen molar-refractivity contribution in [3.05, 3.63) is 69.8 Å². The number of nitrogens with zero attached hydrogens (tertiary/aromatic N) is 1. The minimum Gasteiger partial charge on any atom is -0.205 e. The number of hydrogen-bond donors (Lipinski definition) is 0. The Bertz CT molecular complexity index is 757. The summed E-state index contributed by atoms with van der Waals surface area (Å²) >= 11 is 0. The Kier molecular flexibility index (Phi) is 4.43. The van der Waals surface area contributed by atoms with E-state index < -0.39 is 17.2 Å². The lowest BCUT2D eigenvalue weighted by atomic mass is 9.80. The molecule has 0 aromatic heterocycles. The van der Waals surface area contributed by atoms with Crippen molar-refractivity contribution in [3.63, 3.8) is 0 Å². The first kappa shape index (κ1) is 15.7. The summed E-state index contributed by atoms with van der Waals surface area (Å²) in [6.07, 6.45) is 4.19. The fraction of sp³-hybridized carbons (Fsp3) is 0.350. The number of halogens is 2. The van der Waals surface area contributed by atoms with Gasteiger partial charge in [0.05, 0.1) is 0 Å². The minimum atomic E-state index is -0.733. The normalized spacial score (nSPS) is 16.7. The molecule has 2 aromatic rings. The molecule has 0 N–H and O–H groups in total. The van der Waals surface area contributed by atoms with Crippen LogP contribution in [-0.4, -0.2) is 0 Å². The van der Waals surface area contributed by atoms with Crippen LogP contribution in [-0.2, 0) is 19.3 Å². The SMILES string of the molecule is Cc1ccc(CCC2CCc3c(cc(F)c(C#N)c3F)C2)cc1. The molecule has 0 radical (unpaired) electrons. The fourth-order valence-corrected chi connectivity index (χ4v) is 3.40. The van der Waals surface area contributed by atoms with Crippen LogP contribution in [0.1, 0.15) is 40.7 Å². The minimum absolute atomic E-state index is 0.440. The molecule has 118 valence electrons. The first-order chi connectivity index (χ1) is 11.1. The third-order valence-electron chi connectivity index (χ3n) is 4.80. The van der Waals surface area contributed by atoms with E-state index in [1.165, 1.54) is 17.2 Å². The van der Waals surface area contributed by atoms with Gasteiger partial charge in [0.2, 0.25) is 0 Å². The third-order valence-corrected chi connectivity index (χ3v) is 4.80. The summed E-state index contributed by atoms with van der Waals surface area (Å²) in [5.74, 6) is -0.946. The first-order valence-corrected chi connectivity index (χ1v) is 8.04. The van der Waals surface area contributed by atoms with Crippen LogP contribution in [0.3, 0.4) is 0 Å². The smallest absolute Gasteiger partial charge is 0.147 e. The maximum Gasteiger partial charge on any atom is 0.147 e. The van der Waals surface area contributed by atoms with Crippen molar-refractivity contribution >= 4 is 0 Å². The van der Waals surface area contributed by atoms with Crippen LogP contribution < -0.4 is 0 Å². The van der Waals surface area contributed by atoms with Crippen molar-refractivity contribution in [1.29, 1.82) is 5.26 Å². The maximum absolute atomic E-state index is 14.2. The van der Waals surface area contributed by atoms with E-state index in [1.54, 1.807) is 6.07 Å². The Balaban J connectivity index is 1.71. The van der Waals surface area contributed by atoms with E-state index >= 15 is 0 Å². The van der Waals surface area contributed by atoms with E-state index in [2.05, 4.69) is 31.2 Å². The van der Waals surface area contributed by atoms with Crippen LogP contribution in [0, 0.1) is 35.8 Å². The lowest BCUT2D eigenvalue weighted by Gasteiger charge is -2.25. The molecule has 1 nitrogen and oxygen atoms in total. The molecule has 3 rings (SSSR count). The summed E-state index contributed by atoms with van der Waals surface area (Å²) in [6.45, 7) is 2.07. The van der Waals surface area contributed by atoms with Gasteiger partial charge in [-0.05, 0) is 67.7 Å². The number of nitriles is 1. The zero-order valence-corrected chi connectivity index (χ0v) is 13.2. The van der Waals surface area contributed by atoms with Gasteiger partial charge in [-0.2, -0.15) is 5.26 Å². The molecule has 1 atom stereocenters. The maximum atomic E-state index is 14.2. The van der Waals surface area contributed by atoms with Gasteiger partial charge < -0.3 is 0 Å². The molecule has 0 fully saturated rings. The second-order valence-electron chi connectivity index (χ2n) is 6.43. The van der Waals surface area contributed by atoms with Gasteiger partial charge in [-0.1, -0.05) is 29.8 Å². The van der Waals surface area contributed by atoms with Gasteiger partial charge in [0.1, 0.15) is 23.3 Å². The highest BCUT2D eigenvalue weighted by Crippen LogP contribution is 2.32. The largest absolute Gasteiger partial charge is 0.205 e. The van der Waals surface area contributed by atoms with E-state index in [-0.39, 0.29) is 0 Å². The Hall–Kier alpha value is -2.21. The van der Waals surface area contributed by atoms with Crippen LogP contribution >= 0.6 is 0 Å². The Morgan fingerprint density at radius 3 is 2.65 bits per heavy atom. The molecule has 23 heavy (non-hydrogen) atoms. The van der Waals surface area contributed by atoms with Crippen molar-refractivity contribution in [3.8, 4) is 6.07 Å². The Morgan fingerprint density at radius 2 is 1.96 bits per heavy atom. The molecule has 0 saturated heterocycles. The molecular weight excluding hydrogens is 292 g/mol. The van der Waals surface area contributed by atoms with Crippen LogP contribution in [0.15, 0.2) is 30.3 Å². The molecule has 0 aliphatic heterocycles. The zero-order chi connectivity index (χ0) is 16.4. The van der Waals surface area contributed by atoms with Gasteiger partial charge in [0, 0.05) is 0 Å². The average molecular weight is 311 g/mol. The summed E-state index contributed by atoms with van der Waals surface area (Å²) in [5, 5.41) is 8.85. The van der Waals surface area contributed by atoms with Gasteiger partial charge >= 0.3 is 0 Å². The summed E-state index contributed by atoms with van der Waals surface area (Å²) in [6, 6.07) is 11.5. The summed E-state index contributed by atoms with van der Waals surface area (Å²) < 4.78 is 28.0. The molecule has 1 aliphatic carbocycles. The lowest BCUT2D eigenvalue weighted by Crippen LogP contribution is -2.17. The Morgan fingerprint density at radius 1 is 1.22 bits per heavy atom. The summed E-state index contributed by atoms with van der Waals surface area (Å²) in [5.41, 5.74) is 3.38. The predicted octanol–water partition coefficient (Wildman–Crippen LogP) is 4.88. The van der Waals surface area contributed by atoms with E-state index in [9.17, 15) is 8.78 Å². The van der Waals surface area contributed by atoms with E-state index in [0.29, 0.717) is 24.3 Å². The molecule has 0 amide bonds. The van der Waals surface area contributed by atoms with Gasteiger partial charge in [-0.15, -0.1) is 0 Å². The highest BCUT2D eigenvalue weighted by atomic mass is 19.1. The standard InChI is InChI=1S/C20H19F2N/c1-13-2-4-14(5-3-13)6-7-15-8-9-17-16(10-15)11-19(21)18(12-23)20(17)22/h2-5,11,15H,6-10H2,1H3. The zero-order valence-electron chi connectivity index (χ0n) is 13.2. The lowest BCUT2D eigenvalue weighted by molar-refractivity contribution is 0.415. The number of benzene rings is 2. The number of fused-ring (bicyclic) bond motifs is 1. The number of hydrogen-bond acceptors (Lipinski definition) is 1. The summed E-state index contributed by atoms with van der Waals surface area (Å²) in [7, 11) is 0. The highest BCUT2D eigenvalue weighted by molar-refractivity contribution is 5.42. The van der Waals surface area contributed by atoms with Crippen molar-refractivity contribution in [2.24, 2.45) is 5.92 Å². The highest BCUT2D eigenvalue weighted by Gasteiger charge is 2.25. The second kappa shape index (κ2) is 6.50. The van der Waals surface area contributed by atoms with Gasteiger partial charge in [0.25, 0.3) is 0 Å². The van der Waals surface area contributed by atoms with Crippen molar-refractivity contribution in [2.45, 2.75) is 39.0 Å². The van der Waals surface area contributed by atoms with E-state index in [1.807, 2.05) is 0 Å². The topological polar surface area (TPSA) is 23.8 Å². The van der Waals surface area contributed by atoms with Gasteiger partial charge in [-0.3, -0.25) is 0 Å². The fourth-order valence-electron chi connectivity index (χ4n) is 3.40. The number of aryl methyl sites for hydroxylation is 2. The molecule has 0 heterocycles. The Labute approximate surface area is 135 Å². The molecule has 3 heteroatoms. The molecule has 0 bridgehead atoms. The van der Waals surface area contributed by atoms with E-state index in [0.717, 1.165) is 24.8 Å². The molecule has 0 saturated carbocycles. The number of rotatable bonds is 3. The summed E-state index contributed by atoms with van der Waals surface area (Å²) in [4.78, 5) is 0. The second-order valence-corrected chi connectivity index (χ2v) is 6.43. The molecular formula is C20H19F2N. The van der Waals surface area contributed by atoms with Crippen molar-refractivity contribution < 1.29 is 8.78 Å². The molecule has 1 aliphatic rings. The molecule has 1 unspecified atom stereocenters. The van der Waals surface area contributed by atoms with E-state index in [4.69, 9.17) is 5.26 Å². The van der Waals surface area contributed by atoms with Crippen LogP contribution in [0.5, 0.6) is 0 Å². The van der Waals surface area contributed by atoms with Gasteiger partial charge in [0.15, 0.2) is 0 Å². The van der Waals surface area contributed by atoms with Crippen molar-refractivity contribution in [2.75, 3.05) is 0 Å². The van der Waals surface area contributed by atoms with Crippen molar-refractivity contribution in [1.82, 2.24) is 0 Å². The van der Waals surface area contributed by atoms with Crippen LogP contribution in [0.4, 0.5) is 8.78 Å². The van der Waals surface area contributed by atoms with Gasteiger partial charge in [-0.25, -0.2) is 8.78 Å².